The van der Waals surface area contributed by atoms with Crippen LogP contribution in [0.25, 0.3) is 0 Å². The van der Waals surface area contributed by atoms with Crippen molar-refractivity contribution in [1.29, 1.82) is 0 Å². The van der Waals surface area contributed by atoms with Crippen molar-refractivity contribution in [2.45, 2.75) is 215 Å². The number of aliphatic hydroxyl groups excluding tert-OH is 21. The maximum atomic E-state index is 12.0. The molecule has 21 rings (SSSR count). The Bertz CT molecular complexity index is 1830. The molecule has 0 amide bonds. The molecule has 0 spiro atoms. The average Bonchev–Trinajstić information content (AvgIpc) is 0.779. The first kappa shape index (κ1) is 82.0. The minimum absolute atomic E-state index is 0.0805. The zero-order chi connectivity index (χ0) is 70.9. The number of hydrogen-bond acceptors (Lipinski definition) is 42. The van der Waals surface area contributed by atoms with Crippen molar-refractivity contribution in [3.8, 4) is 0 Å². The van der Waals surface area contributed by atoms with E-state index in [0.717, 1.165) is 0 Å². The van der Waals surface area contributed by atoms with Gasteiger partial charge in [-0.25, -0.2) is 0 Å². The Morgan fingerprint density at radius 2 is 0.276 bits per heavy atom. The van der Waals surface area contributed by atoms with Crippen molar-refractivity contribution < 1.29 is 174 Å². The first-order chi connectivity index (χ1) is 47.2. The number of aliphatic hydroxyl groups is 21. The molecule has 21 fully saturated rings. The van der Waals surface area contributed by atoms with Crippen LogP contribution in [0.15, 0.2) is 0 Å². The molecule has 0 aromatic heterocycles. The van der Waals surface area contributed by atoms with Crippen molar-refractivity contribution >= 4 is 0 Å². The molecule has 14 bridgehead atoms. The SMILES string of the molecule is OCCNC[C@@H]1O[C@@H]2O[C@H]3[C@H](O)[C@@H](O)[C@@H](O[C@H]4[C@@H](O)[C@@H](O)[C@@H](O[C@H]5[C@H](O)[C@H](O)[C@@H](O[C@H]6[C@@H](O)[C@H](O)[C@@H](O[C@H]7[C@H](O)[C@@H](O)[C@@H](O[C@H]8[C@H](O)[C@@H](O)[C@@H](O[C@H]1[C@H](O)[C@H]2O)O[C@H]8CNCCO)O[C@@H]7CNCCO)O[C@@H]6CNCCO)O[C@@H]5CNCCO)O[C@@H]4CNCCO)O[C@H]3CNCCO. The third-order valence-electron chi connectivity index (χ3n) is 18.0. The molecule has 21 saturated heterocycles. The van der Waals surface area contributed by atoms with E-state index in [0.29, 0.717) is 0 Å². The molecular weight excluding hydrogens is 1330 g/mol. The van der Waals surface area contributed by atoms with Gasteiger partial charge in [-0.3, -0.25) is 0 Å². The lowest BCUT2D eigenvalue weighted by molar-refractivity contribution is -0.392. The molecule has 42 heteroatoms. The first-order valence-corrected chi connectivity index (χ1v) is 33.1. The quantitative estimate of drug-likeness (QED) is 0.0324. The van der Waals surface area contributed by atoms with E-state index in [1.54, 1.807) is 0 Å². The molecule has 21 aliphatic heterocycles. The van der Waals surface area contributed by atoms with Gasteiger partial charge < -0.3 is 211 Å². The number of nitrogens with one attached hydrogen (secondary N) is 7. The molecule has 21 aliphatic rings. The highest BCUT2D eigenvalue weighted by Crippen LogP contribution is 2.39. The van der Waals surface area contributed by atoms with Crippen LogP contribution >= 0.6 is 0 Å². The Hall–Kier alpha value is -1.68. The molecule has 574 valence electrons. The first-order valence-electron chi connectivity index (χ1n) is 33.1. The zero-order valence-corrected chi connectivity index (χ0v) is 53.7. The van der Waals surface area contributed by atoms with E-state index in [1.165, 1.54) is 0 Å². The molecule has 21 heterocycles. The van der Waals surface area contributed by atoms with Gasteiger partial charge in [0, 0.05) is 91.6 Å². The van der Waals surface area contributed by atoms with E-state index in [4.69, 9.17) is 66.3 Å². The van der Waals surface area contributed by atoms with Crippen LogP contribution in [-0.2, 0) is 66.3 Å². The van der Waals surface area contributed by atoms with Gasteiger partial charge in [-0.05, 0) is 0 Å². The van der Waals surface area contributed by atoms with E-state index in [9.17, 15) is 107 Å². The zero-order valence-electron chi connectivity index (χ0n) is 53.7. The highest BCUT2D eigenvalue weighted by atomic mass is 16.8. The fourth-order valence-electron chi connectivity index (χ4n) is 12.8. The van der Waals surface area contributed by atoms with E-state index in [2.05, 4.69) is 37.2 Å². The van der Waals surface area contributed by atoms with Crippen LogP contribution in [0.4, 0.5) is 0 Å². The second-order valence-corrected chi connectivity index (χ2v) is 24.9. The molecule has 0 saturated carbocycles. The molecule has 98 heavy (non-hydrogen) atoms. The highest BCUT2D eigenvalue weighted by molar-refractivity contribution is 5.03. The van der Waals surface area contributed by atoms with Gasteiger partial charge in [0.1, 0.15) is 171 Å². The van der Waals surface area contributed by atoms with Gasteiger partial charge in [0.2, 0.25) is 0 Å². The Kier molecular flexibility index (Phi) is 33.6. The fourth-order valence-corrected chi connectivity index (χ4v) is 12.8. The van der Waals surface area contributed by atoms with Gasteiger partial charge in [0.05, 0.1) is 46.2 Å². The highest BCUT2D eigenvalue weighted by Gasteiger charge is 2.60. The summed E-state index contributed by atoms with van der Waals surface area (Å²) in [6.07, 6.45) is -65.7. The summed E-state index contributed by atoms with van der Waals surface area (Å²) in [6, 6.07) is 0. The Morgan fingerprint density at radius 3 is 0.378 bits per heavy atom. The monoisotopic (exact) mass is 1440 g/mol. The maximum absolute atomic E-state index is 12.0. The van der Waals surface area contributed by atoms with Crippen molar-refractivity contribution in [2.75, 3.05) is 138 Å². The molecule has 0 aromatic rings. The van der Waals surface area contributed by atoms with Crippen molar-refractivity contribution in [2.24, 2.45) is 0 Å². The maximum Gasteiger partial charge on any atom is 0.187 e. The number of rotatable bonds is 28. The molecule has 35 atom stereocenters. The summed E-state index contributed by atoms with van der Waals surface area (Å²) in [5, 5.41) is 255. The summed E-state index contributed by atoms with van der Waals surface area (Å²) in [7, 11) is 0. The summed E-state index contributed by atoms with van der Waals surface area (Å²) >= 11 is 0. The van der Waals surface area contributed by atoms with E-state index in [-0.39, 0.29) is 91.6 Å². The normalized spacial score (nSPS) is 46.1. The minimum Gasteiger partial charge on any atom is -0.395 e. The fraction of sp³-hybridized carbons (Fsp3) is 1.00. The van der Waals surface area contributed by atoms with Crippen LogP contribution < -0.4 is 37.2 Å². The van der Waals surface area contributed by atoms with Crippen LogP contribution in [0.1, 0.15) is 0 Å². The topological polar surface area (TPSA) is 638 Å². The van der Waals surface area contributed by atoms with Crippen molar-refractivity contribution in [3.05, 3.63) is 0 Å². The van der Waals surface area contributed by atoms with Crippen LogP contribution in [0.5, 0.6) is 0 Å². The lowest BCUT2D eigenvalue weighted by Gasteiger charge is -2.50. The van der Waals surface area contributed by atoms with Crippen LogP contribution in [-0.4, -0.2) is 460 Å². The lowest BCUT2D eigenvalue weighted by atomic mass is 9.94. The van der Waals surface area contributed by atoms with Gasteiger partial charge in [-0.15, -0.1) is 0 Å². The van der Waals surface area contributed by atoms with Gasteiger partial charge in [-0.2, -0.15) is 0 Å². The molecule has 0 unspecified atom stereocenters. The van der Waals surface area contributed by atoms with Crippen LogP contribution in [0.3, 0.4) is 0 Å². The number of ether oxygens (including phenoxy) is 14. The van der Waals surface area contributed by atoms with E-state index in [1.807, 2.05) is 0 Å². The van der Waals surface area contributed by atoms with Gasteiger partial charge in [0.25, 0.3) is 0 Å². The third-order valence-corrected chi connectivity index (χ3v) is 18.0. The van der Waals surface area contributed by atoms with Gasteiger partial charge in [0.15, 0.2) is 44.0 Å². The summed E-state index contributed by atoms with van der Waals surface area (Å²) in [5.74, 6) is 0. The lowest BCUT2D eigenvalue weighted by Crippen LogP contribution is -2.69. The van der Waals surface area contributed by atoms with Crippen LogP contribution in [0, 0.1) is 0 Å². The minimum atomic E-state index is -2.14. The number of hydrogen-bond donors (Lipinski definition) is 28. The second-order valence-electron chi connectivity index (χ2n) is 24.9. The Morgan fingerprint density at radius 1 is 0.163 bits per heavy atom. The third kappa shape index (κ3) is 20.3. The molecule has 28 N–H and O–H groups in total. The largest absolute Gasteiger partial charge is 0.395 e. The smallest absolute Gasteiger partial charge is 0.187 e. The molecule has 0 aliphatic carbocycles. The van der Waals surface area contributed by atoms with Gasteiger partial charge >= 0.3 is 0 Å². The van der Waals surface area contributed by atoms with Gasteiger partial charge in [-0.1, -0.05) is 0 Å². The van der Waals surface area contributed by atoms with E-state index < -0.39 is 261 Å². The predicted molar refractivity (Wildman–Crippen MR) is 319 cm³/mol. The Labute approximate surface area is 562 Å². The average molecular weight is 1440 g/mol. The molecule has 42 nitrogen and oxygen atoms in total. The molecule has 0 aromatic carbocycles. The summed E-state index contributed by atoms with van der Waals surface area (Å²) in [4.78, 5) is 0. The standard InChI is InChI=1S/C56H105N7O35/c64-8-1-57-15-22-43-29(71)36(78)50(85-22)93-44-23(16-58-2-9-65)87-52(38(80)31(44)73)95-46-25(18-60-4-11-67)89-54(40(82)33(46)75)97-48-27(20-62-6-13-69)91-56(42(84)35(48)77)98-49-28(21-63-7-14-70)90-55(41(83)34(49)76)96-47-26(19-61-5-12-68)88-53(39(81)32(47)74)94-45-24(17-59-3-10-66)86-51(92-43)37(79)30(45)72/h22-84H,1-21H2/t22-,23-,24-,25-,26+,27+,28+,29-,30+,31+,32-,33-,34-,35-,36+,37-,38+,39-,40-,41-,42-,43-,44-,45-,46-,47-,48-,49-,50-,51-,52-,53-,54-,55-,56-/m1/s1. The summed E-state index contributed by atoms with van der Waals surface area (Å²) in [6.45, 7) is -5.74. The van der Waals surface area contributed by atoms with Crippen LogP contribution in [0.2, 0.25) is 0 Å². The van der Waals surface area contributed by atoms with E-state index >= 15 is 0 Å². The summed E-state index contributed by atoms with van der Waals surface area (Å²) < 4.78 is 86.8. The molecule has 0 radical (unpaired) electrons. The summed E-state index contributed by atoms with van der Waals surface area (Å²) in [5.41, 5.74) is 0. The Balaban J connectivity index is 1.17. The van der Waals surface area contributed by atoms with Crippen molar-refractivity contribution in [3.63, 3.8) is 0 Å². The van der Waals surface area contributed by atoms with Crippen molar-refractivity contribution in [1.82, 2.24) is 37.2 Å². The molecular formula is C56H105N7O35. The second kappa shape index (κ2) is 40.2. The predicted octanol–water partition coefficient (Wildman–Crippen LogP) is -18.1.